The zero-order valence-electron chi connectivity index (χ0n) is 10.7. The van der Waals surface area contributed by atoms with Gasteiger partial charge in [0.1, 0.15) is 5.75 Å². The monoisotopic (exact) mass is 233 g/mol. The van der Waals surface area contributed by atoms with Crippen LogP contribution in [0.2, 0.25) is 0 Å². The molecule has 0 saturated heterocycles. The number of rotatable bonds is 5. The SMILES string of the molecule is CCOc1ccc2c(c1)CC(CCCN)CC2. The molecule has 0 bridgehead atoms. The van der Waals surface area contributed by atoms with Crippen LogP contribution < -0.4 is 10.5 Å². The van der Waals surface area contributed by atoms with E-state index in [1.807, 2.05) is 6.92 Å². The summed E-state index contributed by atoms with van der Waals surface area (Å²) < 4.78 is 5.57. The fourth-order valence-electron chi connectivity index (χ4n) is 2.72. The Morgan fingerprint density at radius 1 is 1.35 bits per heavy atom. The number of hydrogen-bond donors (Lipinski definition) is 1. The maximum Gasteiger partial charge on any atom is 0.119 e. The zero-order chi connectivity index (χ0) is 12.1. The van der Waals surface area contributed by atoms with Gasteiger partial charge < -0.3 is 10.5 Å². The standard InChI is InChI=1S/C15H23NO/c1-2-17-15-8-7-13-6-5-12(4-3-9-16)10-14(13)11-15/h7-8,11-12H,2-6,9-10,16H2,1H3. The normalized spacial score (nSPS) is 18.8. The Hall–Kier alpha value is -1.02. The second-order valence-electron chi connectivity index (χ2n) is 4.90. The summed E-state index contributed by atoms with van der Waals surface area (Å²) in [7, 11) is 0. The molecule has 94 valence electrons. The van der Waals surface area contributed by atoms with Crippen molar-refractivity contribution in [3.05, 3.63) is 29.3 Å². The van der Waals surface area contributed by atoms with Gasteiger partial charge in [-0.1, -0.05) is 6.07 Å². The van der Waals surface area contributed by atoms with Crippen LogP contribution >= 0.6 is 0 Å². The van der Waals surface area contributed by atoms with Gasteiger partial charge in [-0.15, -0.1) is 0 Å². The maximum absolute atomic E-state index is 5.58. The van der Waals surface area contributed by atoms with Gasteiger partial charge >= 0.3 is 0 Å². The molecule has 17 heavy (non-hydrogen) atoms. The molecule has 0 fully saturated rings. The second-order valence-corrected chi connectivity index (χ2v) is 4.90. The molecular formula is C15H23NO. The Morgan fingerprint density at radius 3 is 3.00 bits per heavy atom. The highest BCUT2D eigenvalue weighted by Gasteiger charge is 2.18. The number of ether oxygens (including phenoxy) is 1. The quantitative estimate of drug-likeness (QED) is 0.848. The summed E-state index contributed by atoms with van der Waals surface area (Å²) in [5.41, 5.74) is 8.59. The molecule has 0 heterocycles. The van der Waals surface area contributed by atoms with E-state index in [0.29, 0.717) is 0 Å². The van der Waals surface area contributed by atoms with Gasteiger partial charge in [-0.2, -0.15) is 0 Å². The zero-order valence-corrected chi connectivity index (χ0v) is 10.7. The van der Waals surface area contributed by atoms with E-state index < -0.39 is 0 Å². The molecular weight excluding hydrogens is 210 g/mol. The van der Waals surface area contributed by atoms with Gasteiger partial charge in [0.25, 0.3) is 0 Å². The molecule has 0 amide bonds. The molecule has 0 aromatic heterocycles. The van der Waals surface area contributed by atoms with E-state index in [-0.39, 0.29) is 0 Å². The van der Waals surface area contributed by atoms with Gasteiger partial charge in [-0.05, 0) is 74.8 Å². The summed E-state index contributed by atoms with van der Waals surface area (Å²) in [6.45, 7) is 3.60. The lowest BCUT2D eigenvalue weighted by Crippen LogP contribution is -2.15. The molecule has 0 radical (unpaired) electrons. The summed E-state index contributed by atoms with van der Waals surface area (Å²) >= 11 is 0. The molecule has 0 aliphatic heterocycles. The van der Waals surface area contributed by atoms with Gasteiger partial charge in [-0.3, -0.25) is 0 Å². The van der Waals surface area contributed by atoms with Gasteiger partial charge in [0, 0.05) is 0 Å². The summed E-state index contributed by atoms with van der Waals surface area (Å²) in [6, 6.07) is 6.56. The summed E-state index contributed by atoms with van der Waals surface area (Å²) in [6.07, 6.45) is 6.17. The van der Waals surface area contributed by atoms with Gasteiger partial charge in [-0.25, -0.2) is 0 Å². The second kappa shape index (κ2) is 6.06. The minimum Gasteiger partial charge on any atom is -0.494 e. The third-order valence-corrected chi connectivity index (χ3v) is 3.64. The Balaban J connectivity index is 2.04. The lowest BCUT2D eigenvalue weighted by atomic mass is 9.81. The van der Waals surface area contributed by atoms with Crippen molar-refractivity contribution in [1.29, 1.82) is 0 Å². The Bertz CT molecular complexity index is 362. The summed E-state index contributed by atoms with van der Waals surface area (Å²) in [5.74, 6) is 1.84. The fourth-order valence-corrected chi connectivity index (χ4v) is 2.72. The van der Waals surface area contributed by atoms with Crippen molar-refractivity contribution >= 4 is 0 Å². The first-order valence-electron chi connectivity index (χ1n) is 6.78. The Kier molecular flexibility index (Phi) is 4.43. The lowest BCUT2D eigenvalue weighted by Gasteiger charge is -2.25. The van der Waals surface area contributed by atoms with E-state index in [2.05, 4.69) is 18.2 Å². The summed E-state index contributed by atoms with van der Waals surface area (Å²) in [5, 5.41) is 0. The van der Waals surface area contributed by atoms with Crippen molar-refractivity contribution in [1.82, 2.24) is 0 Å². The average molecular weight is 233 g/mol. The fraction of sp³-hybridized carbons (Fsp3) is 0.600. The third-order valence-electron chi connectivity index (χ3n) is 3.64. The van der Waals surface area contributed by atoms with Crippen molar-refractivity contribution < 1.29 is 4.74 Å². The van der Waals surface area contributed by atoms with Crippen LogP contribution in [0.3, 0.4) is 0 Å². The van der Waals surface area contributed by atoms with Gasteiger partial charge in [0.2, 0.25) is 0 Å². The van der Waals surface area contributed by atoms with E-state index >= 15 is 0 Å². The van der Waals surface area contributed by atoms with Gasteiger partial charge in [0.05, 0.1) is 6.61 Å². The van der Waals surface area contributed by atoms with Crippen molar-refractivity contribution in [2.75, 3.05) is 13.2 Å². The van der Waals surface area contributed by atoms with Crippen LogP contribution in [-0.2, 0) is 12.8 Å². The smallest absolute Gasteiger partial charge is 0.119 e. The third kappa shape index (κ3) is 3.22. The van der Waals surface area contributed by atoms with Gasteiger partial charge in [0.15, 0.2) is 0 Å². The van der Waals surface area contributed by atoms with Crippen LogP contribution in [0.1, 0.15) is 37.3 Å². The molecule has 1 aromatic rings. The van der Waals surface area contributed by atoms with E-state index in [1.54, 1.807) is 0 Å². The first-order valence-corrected chi connectivity index (χ1v) is 6.78. The molecule has 1 aliphatic rings. The molecule has 2 heteroatoms. The predicted octanol–water partition coefficient (Wildman–Crippen LogP) is 2.93. The van der Waals surface area contributed by atoms with E-state index in [1.165, 1.54) is 36.8 Å². The van der Waals surface area contributed by atoms with E-state index in [0.717, 1.165) is 31.2 Å². The average Bonchev–Trinajstić information content (AvgIpc) is 2.36. The van der Waals surface area contributed by atoms with E-state index in [4.69, 9.17) is 10.5 Å². The molecule has 1 unspecified atom stereocenters. The first-order chi connectivity index (χ1) is 8.33. The topological polar surface area (TPSA) is 35.2 Å². The van der Waals surface area contributed by atoms with Crippen LogP contribution in [0.4, 0.5) is 0 Å². The molecule has 1 atom stereocenters. The molecule has 2 N–H and O–H groups in total. The van der Waals surface area contributed by atoms with Crippen molar-refractivity contribution in [2.24, 2.45) is 11.7 Å². The highest BCUT2D eigenvalue weighted by Crippen LogP contribution is 2.30. The molecule has 0 saturated carbocycles. The molecule has 2 rings (SSSR count). The first kappa shape index (κ1) is 12.4. The molecule has 2 nitrogen and oxygen atoms in total. The highest BCUT2D eigenvalue weighted by molar-refractivity contribution is 5.37. The number of nitrogens with two attached hydrogens (primary N) is 1. The van der Waals surface area contributed by atoms with Crippen molar-refractivity contribution in [3.63, 3.8) is 0 Å². The number of aryl methyl sites for hydroxylation is 1. The van der Waals surface area contributed by atoms with Crippen molar-refractivity contribution in [2.45, 2.75) is 39.0 Å². The van der Waals surface area contributed by atoms with Crippen LogP contribution in [0.5, 0.6) is 5.75 Å². The predicted molar refractivity (Wildman–Crippen MR) is 71.4 cm³/mol. The maximum atomic E-state index is 5.58. The molecule has 0 spiro atoms. The van der Waals surface area contributed by atoms with Crippen LogP contribution in [0.15, 0.2) is 18.2 Å². The van der Waals surface area contributed by atoms with Crippen LogP contribution in [0.25, 0.3) is 0 Å². The molecule has 1 aliphatic carbocycles. The Morgan fingerprint density at radius 2 is 2.24 bits per heavy atom. The summed E-state index contributed by atoms with van der Waals surface area (Å²) in [4.78, 5) is 0. The number of benzene rings is 1. The highest BCUT2D eigenvalue weighted by atomic mass is 16.5. The molecule has 1 aromatic carbocycles. The minimum atomic E-state index is 0.745. The van der Waals surface area contributed by atoms with Crippen molar-refractivity contribution in [3.8, 4) is 5.75 Å². The number of hydrogen-bond acceptors (Lipinski definition) is 2. The number of fused-ring (bicyclic) bond motifs is 1. The van der Waals surface area contributed by atoms with Crippen LogP contribution in [0, 0.1) is 5.92 Å². The lowest BCUT2D eigenvalue weighted by molar-refractivity contribution is 0.338. The Labute approximate surface area is 104 Å². The van der Waals surface area contributed by atoms with E-state index in [9.17, 15) is 0 Å². The largest absolute Gasteiger partial charge is 0.494 e. The minimum absolute atomic E-state index is 0.745. The van der Waals surface area contributed by atoms with Crippen LogP contribution in [-0.4, -0.2) is 13.2 Å².